The zero-order chi connectivity index (χ0) is 9.30. The molecular formula is C6H4F3NO2. The largest absolute Gasteiger partial charge is 0.503 e. The zero-order valence-electron chi connectivity index (χ0n) is 5.64. The molecule has 0 aliphatic carbocycles. The first-order chi connectivity index (χ1) is 5.52. The molecule has 3 nitrogen and oxygen atoms in total. The van der Waals surface area contributed by atoms with Gasteiger partial charge in [-0.05, 0) is 0 Å². The molecule has 6 heteroatoms. The van der Waals surface area contributed by atoms with Gasteiger partial charge in [-0.1, -0.05) is 0 Å². The number of halogens is 3. The van der Waals surface area contributed by atoms with Crippen molar-refractivity contribution in [3.05, 3.63) is 27.9 Å². The Hall–Kier alpha value is -1.46. The predicted molar refractivity (Wildman–Crippen MR) is 33.6 cm³/mol. The lowest BCUT2D eigenvalue weighted by atomic mass is 10.2. The second-order valence-corrected chi connectivity index (χ2v) is 2.05. The van der Waals surface area contributed by atoms with Crippen LogP contribution in [0.2, 0.25) is 0 Å². The van der Waals surface area contributed by atoms with Crippen LogP contribution >= 0.6 is 0 Å². The molecule has 0 aliphatic heterocycles. The lowest BCUT2D eigenvalue weighted by Gasteiger charge is -2.00. The topological polar surface area (TPSA) is 53.1 Å². The molecule has 0 spiro atoms. The van der Waals surface area contributed by atoms with Gasteiger partial charge in [-0.2, -0.15) is 4.39 Å². The fourth-order valence-electron chi connectivity index (χ4n) is 0.706. The predicted octanol–water partition coefficient (Wildman–Crippen LogP) is 1.16. The Morgan fingerprint density at radius 2 is 2.08 bits per heavy atom. The summed E-state index contributed by atoms with van der Waals surface area (Å²) >= 11 is 0. The Balaban J connectivity index is 3.38. The van der Waals surface area contributed by atoms with E-state index in [1.807, 2.05) is 0 Å². The standard InChI is InChI=1S/C6H4F3NO2/c7-3-1-2(5(8)9)4(11)6(12)10-3/h1,5,11H,(H,10,12). The third-order valence-corrected chi connectivity index (χ3v) is 1.24. The number of rotatable bonds is 1. The van der Waals surface area contributed by atoms with E-state index in [4.69, 9.17) is 5.11 Å². The number of alkyl halides is 2. The molecule has 1 aromatic heterocycles. The highest BCUT2D eigenvalue weighted by Crippen LogP contribution is 2.24. The number of H-pyrrole nitrogens is 1. The Bertz CT molecular complexity index is 347. The Labute approximate surface area is 64.5 Å². The van der Waals surface area contributed by atoms with Crippen LogP contribution in [0.25, 0.3) is 0 Å². The number of nitrogens with one attached hydrogen (secondary N) is 1. The zero-order valence-corrected chi connectivity index (χ0v) is 5.64. The van der Waals surface area contributed by atoms with Gasteiger partial charge in [0.05, 0.1) is 5.56 Å². The molecule has 0 atom stereocenters. The summed E-state index contributed by atoms with van der Waals surface area (Å²) in [5.74, 6) is -2.35. The minimum atomic E-state index is -3.07. The molecule has 0 bridgehead atoms. The van der Waals surface area contributed by atoms with E-state index in [2.05, 4.69) is 0 Å². The maximum absolute atomic E-state index is 12.3. The van der Waals surface area contributed by atoms with Gasteiger partial charge >= 0.3 is 0 Å². The first-order valence-corrected chi connectivity index (χ1v) is 2.92. The lowest BCUT2D eigenvalue weighted by molar-refractivity contribution is 0.146. The quantitative estimate of drug-likeness (QED) is 0.635. The normalized spacial score (nSPS) is 10.7. The fraction of sp³-hybridized carbons (Fsp3) is 0.167. The van der Waals surface area contributed by atoms with Crippen molar-refractivity contribution in [2.45, 2.75) is 6.43 Å². The highest BCUT2D eigenvalue weighted by atomic mass is 19.3. The van der Waals surface area contributed by atoms with E-state index in [0.29, 0.717) is 6.07 Å². The second kappa shape index (κ2) is 2.88. The van der Waals surface area contributed by atoms with Crippen LogP contribution in [-0.2, 0) is 0 Å². The average molecular weight is 179 g/mol. The minimum Gasteiger partial charge on any atom is -0.503 e. The van der Waals surface area contributed by atoms with E-state index in [1.165, 1.54) is 4.98 Å². The summed E-state index contributed by atoms with van der Waals surface area (Å²) in [5, 5.41) is 8.70. The van der Waals surface area contributed by atoms with E-state index < -0.39 is 29.2 Å². The molecule has 1 aromatic rings. The summed E-state index contributed by atoms with van der Waals surface area (Å²) < 4.78 is 36.1. The lowest BCUT2D eigenvalue weighted by Crippen LogP contribution is -2.09. The monoisotopic (exact) mass is 179 g/mol. The molecule has 0 saturated carbocycles. The van der Waals surface area contributed by atoms with Gasteiger partial charge in [0.1, 0.15) is 0 Å². The van der Waals surface area contributed by atoms with E-state index in [-0.39, 0.29) is 0 Å². The first kappa shape index (κ1) is 8.63. The SMILES string of the molecule is O=c1[nH]c(F)cc(C(F)F)c1O. The summed E-state index contributed by atoms with van der Waals surface area (Å²) in [6.07, 6.45) is -3.07. The van der Waals surface area contributed by atoms with E-state index in [0.717, 1.165) is 0 Å². The van der Waals surface area contributed by atoms with Gasteiger partial charge in [0.2, 0.25) is 0 Å². The number of aromatic amines is 1. The van der Waals surface area contributed by atoms with Gasteiger partial charge in [-0.25, -0.2) is 8.78 Å². The van der Waals surface area contributed by atoms with Gasteiger partial charge in [0.25, 0.3) is 12.0 Å². The molecule has 0 saturated heterocycles. The summed E-state index contributed by atoms with van der Waals surface area (Å²) in [5.41, 5.74) is -2.26. The molecule has 0 amide bonds. The van der Waals surface area contributed by atoms with Gasteiger partial charge in [-0.15, -0.1) is 0 Å². The van der Waals surface area contributed by atoms with Crippen LogP contribution in [0.4, 0.5) is 13.2 Å². The van der Waals surface area contributed by atoms with E-state index in [1.54, 1.807) is 0 Å². The highest BCUT2D eigenvalue weighted by Gasteiger charge is 2.16. The molecule has 1 heterocycles. The molecule has 66 valence electrons. The molecule has 0 radical (unpaired) electrons. The van der Waals surface area contributed by atoms with Crippen LogP contribution in [0.3, 0.4) is 0 Å². The Morgan fingerprint density at radius 3 is 2.58 bits per heavy atom. The average Bonchev–Trinajstić information content (AvgIpc) is 1.96. The fourth-order valence-corrected chi connectivity index (χ4v) is 0.706. The molecular weight excluding hydrogens is 175 g/mol. The van der Waals surface area contributed by atoms with E-state index in [9.17, 15) is 18.0 Å². The molecule has 0 aliphatic rings. The molecule has 0 aromatic carbocycles. The van der Waals surface area contributed by atoms with Crippen molar-refractivity contribution < 1.29 is 18.3 Å². The highest BCUT2D eigenvalue weighted by molar-refractivity contribution is 5.29. The number of hydrogen-bond donors (Lipinski definition) is 2. The van der Waals surface area contributed by atoms with E-state index >= 15 is 0 Å². The number of pyridine rings is 1. The smallest absolute Gasteiger partial charge is 0.292 e. The van der Waals surface area contributed by atoms with Crippen molar-refractivity contribution in [1.82, 2.24) is 4.98 Å². The minimum absolute atomic E-state index is 0.376. The summed E-state index contributed by atoms with van der Waals surface area (Å²) in [7, 11) is 0. The molecule has 1 rings (SSSR count). The number of aromatic hydroxyl groups is 1. The van der Waals surface area contributed by atoms with Crippen LogP contribution in [-0.4, -0.2) is 10.1 Å². The molecule has 0 unspecified atom stereocenters. The molecule has 2 N–H and O–H groups in total. The van der Waals surface area contributed by atoms with Crippen molar-refractivity contribution >= 4 is 0 Å². The maximum Gasteiger partial charge on any atom is 0.292 e. The third kappa shape index (κ3) is 1.41. The second-order valence-electron chi connectivity index (χ2n) is 2.05. The number of hydrogen-bond acceptors (Lipinski definition) is 2. The van der Waals surface area contributed by atoms with Gasteiger partial charge in [0.15, 0.2) is 11.7 Å². The summed E-state index contributed by atoms with van der Waals surface area (Å²) in [6, 6.07) is 0.376. The van der Waals surface area contributed by atoms with Crippen molar-refractivity contribution in [3.63, 3.8) is 0 Å². The van der Waals surface area contributed by atoms with Gasteiger partial charge in [0, 0.05) is 6.07 Å². The summed E-state index contributed by atoms with van der Waals surface area (Å²) in [4.78, 5) is 12.0. The maximum atomic E-state index is 12.3. The Morgan fingerprint density at radius 1 is 1.50 bits per heavy atom. The number of aromatic nitrogens is 1. The van der Waals surface area contributed by atoms with Gasteiger partial charge < -0.3 is 5.11 Å². The van der Waals surface area contributed by atoms with Crippen LogP contribution in [0.5, 0.6) is 5.75 Å². The Kier molecular flexibility index (Phi) is 2.07. The van der Waals surface area contributed by atoms with Crippen LogP contribution in [0.1, 0.15) is 12.0 Å². The molecule has 12 heavy (non-hydrogen) atoms. The van der Waals surface area contributed by atoms with Crippen molar-refractivity contribution in [1.29, 1.82) is 0 Å². The van der Waals surface area contributed by atoms with Crippen LogP contribution in [0.15, 0.2) is 10.9 Å². The van der Waals surface area contributed by atoms with Crippen LogP contribution in [0, 0.1) is 5.95 Å². The third-order valence-electron chi connectivity index (χ3n) is 1.24. The first-order valence-electron chi connectivity index (χ1n) is 2.92. The van der Waals surface area contributed by atoms with Crippen molar-refractivity contribution in [2.75, 3.05) is 0 Å². The molecule has 0 fully saturated rings. The summed E-state index contributed by atoms with van der Waals surface area (Å²) in [6.45, 7) is 0. The van der Waals surface area contributed by atoms with Crippen LogP contribution < -0.4 is 5.56 Å². The van der Waals surface area contributed by atoms with Gasteiger partial charge in [-0.3, -0.25) is 9.78 Å². The van der Waals surface area contributed by atoms with Crippen molar-refractivity contribution in [2.24, 2.45) is 0 Å². The van der Waals surface area contributed by atoms with Crippen molar-refractivity contribution in [3.8, 4) is 5.75 Å².